The molecular formula is C16H16Br2N8S4. The van der Waals surface area contributed by atoms with Gasteiger partial charge in [0.05, 0.1) is 20.4 Å². The number of hydrogen-bond acceptors (Lipinski definition) is 8. The molecule has 10 N–H and O–H groups in total. The Morgan fingerprint density at radius 2 is 1.23 bits per heavy atom. The number of nitrogens with zero attached hydrogens (tertiary/aromatic N) is 2. The average molecular weight is 608 g/mol. The minimum absolute atomic E-state index is 0.220. The van der Waals surface area contributed by atoms with E-state index in [1.54, 1.807) is 6.07 Å². The highest BCUT2D eigenvalue weighted by atomic mass is 80.9. The number of benzene rings is 2. The molecule has 2 aromatic heterocycles. The Labute approximate surface area is 206 Å². The van der Waals surface area contributed by atoms with Gasteiger partial charge in [0.25, 0.3) is 0 Å². The smallest absolute Gasteiger partial charge is 0.181 e. The van der Waals surface area contributed by atoms with Crippen LogP contribution < -0.4 is 33.6 Å². The summed E-state index contributed by atoms with van der Waals surface area (Å²) >= 11 is 17.9. The highest BCUT2D eigenvalue weighted by Gasteiger charge is 2.06. The molecule has 0 unspecified atom stereocenters. The van der Waals surface area contributed by atoms with Crippen LogP contribution in [0.1, 0.15) is 0 Å². The number of nitrogens with two attached hydrogens (primary N) is 4. The number of rotatable bonds is 2. The highest BCUT2D eigenvalue weighted by Crippen LogP contribution is 2.31. The van der Waals surface area contributed by atoms with Crippen LogP contribution in [-0.4, -0.2) is 20.2 Å². The number of nitrogens with one attached hydrogen (secondary N) is 2. The first-order chi connectivity index (χ1) is 14.3. The molecule has 0 aliphatic rings. The molecule has 0 amide bonds. The van der Waals surface area contributed by atoms with E-state index in [9.17, 15) is 0 Å². The number of anilines is 4. The third kappa shape index (κ3) is 7.14. The van der Waals surface area contributed by atoms with E-state index in [-0.39, 0.29) is 10.2 Å². The van der Waals surface area contributed by atoms with Gasteiger partial charge >= 0.3 is 0 Å². The van der Waals surface area contributed by atoms with Crippen molar-refractivity contribution < 1.29 is 0 Å². The van der Waals surface area contributed by atoms with Gasteiger partial charge in [-0.05, 0) is 54.8 Å². The summed E-state index contributed by atoms with van der Waals surface area (Å²) in [4.78, 5) is 8.39. The van der Waals surface area contributed by atoms with Crippen molar-refractivity contribution in [3.63, 3.8) is 0 Å². The minimum Gasteiger partial charge on any atom is -0.376 e. The third-order valence-electron chi connectivity index (χ3n) is 3.33. The second-order valence-electron chi connectivity index (χ2n) is 5.45. The van der Waals surface area contributed by atoms with Gasteiger partial charge in [0, 0.05) is 39.6 Å². The molecule has 14 heteroatoms. The third-order valence-corrected chi connectivity index (χ3v) is 5.23. The van der Waals surface area contributed by atoms with Crippen molar-refractivity contribution >= 4 is 128 Å². The summed E-state index contributed by atoms with van der Waals surface area (Å²) < 4.78 is 2.16. The van der Waals surface area contributed by atoms with Gasteiger partial charge in [0.1, 0.15) is 0 Å². The molecule has 0 saturated carbocycles. The van der Waals surface area contributed by atoms with Crippen molar-refractivity contribution in [2.75, 3.05) is 22.1 Å². The maximum Gasteiger partial charge on any atom is 0.181 e. The molecule has 0 atom stereocenters. The van der Waals surface area contributed by atoms with Gasteiger partial charge in [0.2, 0.25) is 0 Å². The number of aromatic nitrogens is 2. The van der Waals surface area contributed by atoms with E-state index in [2.05, 4.69) is 48.9 Å². The normalized spacial score (nSPS) is 9.80. The lowest BCUT2D eigenvalue weighted by Gasteiger charge is -2.07. The van der Waals surface area contributed by atoms with Crippen LogP contribution in [0.3, 0.4) is 0 Å². The van der Waals surface area contributed by atoms with Crippen LogP contribution in [0.5, 0.6) is 0 Å². The second-order valence-corrected chi connectivity index (χ2v) is 8.46. The summed E-state index contributed by atoms with van der Waals surface area (Å²) in [5, 5.41) is 7.22. The number of nitrogen functional groups attached to an aromatic ring is 2. The van der Waals surface area contributed by atoms with Crippen LogP contribution in [0.4, 0.5) is 21.6 Å². The topological polar surface area (TPSA) is 154 Å². The van der Waals surface area contributed by atoms with Gasteiger partial charge in [-0.1, -0.05) is 28.7 Å². The summed E-state index contributed by atoms with van der Waals surface area (Å²) in [6.07, 6.45) is 0. The molecule has 2 heterocycles. The van der Waals surface area contributed by atoms with Crippen molar-refractivity contribution in [3.8, 4) is 0 Å². The van der Waals surface area contributed by atoms with Gasteiger partial charge in [-0.25, -0.2) is 9.97 Å². The first kappa shape index (κ1) is 24.4. The predicted molar refractivity (Wildman–Crippen MR) is 147 cm³/mol. The molecule has 4 rings (SSSR count). The van der Waals surface area contributed by atoms with Crippen LogP contribution in [0.2, 0.25) is 0 Å². The minimum atomic E-state index is 0.220. The van der Waals surface area contributed by atoms with Gasteiger partial charge in [0.15, 0.2) is 20.5 Å². The molecule has 2 aromatic carbocycles. The summed E-state index contributed by atoms with van der Waals surface area (Å²) in [6, 6.07) is 11.3. The molecular weight excluding hydrogens is 592 g/mol. The van der Waals surface area contributed by atoms with Crippen molar-refractivity contribution in [1.29, 1.82) is 0 Å². The molecule has 0 aliphatic heterocycles. The number of hydrogen-bond donors (Lipinski definition) is 6. The zero-order valence-corrected chi connectivity index (χ0v) is 21.5. The predicted octanol–water partition coefficient (Wildman–Crippen LogP) is 4.76. The summed E-state index contributed by atoms with van der Waals surface area (Å²) in [7, 11) is 0. The van der Waals surface area contributed by atoms with Gasteiger partial charge < -0.3 is 33.6 Å². The Kier molecular flexibility index (Phi) is 9.38. The van der Waals surface area contributed by atoms with Gasteiger partial charge in [-0.2, -0.15) is 0 Å². The quantitative estimate of drug-likeness (QED) is 0.176. The first-order valence-electron chi connectivity index (χ1n) is 7.89. The average Bonchev–Trinajstić information content (AvgIpc) is 3.20. The Balaban J connectivity index is 0.000000197. The standard InChI is InChI=1S/C8H6N4S2.C8H10N4S2.Br2/c9-7-11-3-1-4-6(2-5(3)13-7)14-8(10)12-4;9-7(13)11-5-2-1-3-6(4-5)12-8(10)14;1-2/h1-2H,(H2,9,11)(H2,10,12);1-4H,(H3,9,11,13)(H3,10,12,14);. The van der Waals surface area contributed by atoms with E-state index in [0.29, 0.717) is 10.3 Å². The largest absolute Gasteiger partial charge is 0.376 e. The molecule has 4 aromatic rings. The zero-order chi connectivity index (χ0) is 22.3. The first-order valence-corrected chi connectivity index (χ1v) is 14.1. The van der Waals surface area contributed by atoms with E-state index >= 15 is 0 Å². The maximum atomic E-state index is 5.62. The molecule has 158 valence electrons. The number of thiocarbonyl (C=S) groups is 2. The van der Waals surface area contributed by atoms with E-state index < -0.39 is 0 Å². The van der Waals surface area contributed by atoms with Crippen molar-refractivity contribution in [1.82, 2.24) is 9.97 Å². The molecule has 0 spiro atoms. The van der Waals surface area contributed by atoms with Crippen LogP contribution in [0, 0.1) is 0 Å². The molecule has 0 saturated heterocycles. The SMILES string of the molecule is BrBr.NC(=S)Nc1cccc(NC(N)=S)c1.Nc1nc2cc3nc(N)sc3cc2s1. The maximum absolute atomic E-state index is 5.62. The fourth-order valence-electron chi connectivity index (χ4n) is 2.34. The van der Waals surface area contributed by atoms with E-state index in [4.69, 9.17) is 47.4 Å². The second kappa shape index (κ2) is 11.5. The fraction of sp³-hybridized carbons (Fsp3) is 0. The van der Waals surface area contributed by atoms with Crippen molar-refractivity contribution in [2.45, 2.75) is 0 Å². The Morgan fingerprint density at radius 1 is 0.800 bits per heavy atom. The lowest BCUT2D eigenvalue weighted by atomic mass is 10.3. The molecule has 0 fully saturated rings. The zero-order valence-electron chi connectivity index (χ0n) is 15.1. The number of thiazole rings is 2. The van der Waals surface area contributed by atoms with Crippen LogP contribution in [0.25, 0.3) is 20.4 Å². The van der Waals surface area contributed by atoms with Crippen LogP contribution in [-0.2, 0) is 0 Å². The van der Waals surface area contributed by atoms with Gasteiger partial charge in [-0.3, -0.25) is 0 Å². The molecule has 0 bridgehead atoms. The monoisotopic (exact) mass is 606 g/mol. The number of halogens is 2. The van der Waals surface area contributed by atoms with Crippen LogP contribution in [0.15, 0.2) is 36.4 Å². The lowest BCUT2D eigenvalue weighted by Crippen LogP contribution is -2.20. The molecule has 0 aliphatic carbocycles. The number of fused-ring (bicyclic) bond motifs is 2. The molecule has 30 heavy (non-hydrogen) atoms. The molecule has 8 nitrogen and oxygen atoms in total. The fourth-order valence-corrected chi connectivity index (χ4v) is 4.17. The highest BCUT2D eigenvalue weighted by molar-refractivity contribution is 9.93. The Bertz CT molecular complexity index is 1040. The van der Waals surface area contributed by atoms with E-state index in [1.807, 2.05) is 30.3 Å². The summed E-state index contributed by atoms with van der Waals surface area (Å²) in [5.74, 6) is 0. The Hall–Kier alpha value is -1.84. The van der Waals surface area contributed by atoms with Crippen LogP contribution >= 0.6 is 75.4 Å². The van der Waals surface area contributed by atoms with E-state index in [0.717, 1.165) is 31.8 Å². The lowest BCUT2D eigenvalue weighted by molar-refractivity contribution is 1.47. The Morgan fingerprint density at radius 3 is 1.63 bits per heavy atom. The van der Waals surface area contributed by atoms with Crippen molar-refractivity contribution in [2.24, 2.45) is 11.5 Å². The summed E-state index contributed by atoms with van der Waals surface area (Å²) in [6.45, 7) is 0. The van der Waals surface area contributed by atoms with Crippen molar-refractivity contribution in [3.05, 3.63) is 36.4 Å². The molecule has 0 radical (unpaired) electrons. The van der Waals surface area contributed by atoms with Gasteiger partial charge in [-0.15, -0.1) is 0 Å². The van der Waals surface area contributed by atoms with E-state index in [1.165, 1.54) is 22.7 Å². The summed E-state index contributed by atoms with van der Waals surface area (Å²) in [5.41, 5.74) is 25.3.